The van der Waals surface area contributed by atoms with Crippen LogP contribution in [0.1, 0.15) is 22.3 Å². The van der Waals surface area contributed by atoms with Crippen LogP contribution < -0.4 is 9.64 Å². The highest BCUT2D eigenvalue weighted by Crippen LogP contribution is 2.65. The van der Waals surface area contributed by atoms with Gasteiger partial charge in [-0.1, -0.05) is 176 Å². The molecule has 0 saturated carbocycles. The van der Waals surface area contributed by atoms with Crippen LogP contribution in [0.15, 0.2) is 212 Å². The highest BCUT2D eigenvalue weighted by Gasteiger charge is 2.53. The maximum absolute atomic E-state index is 6.88. The van der Waals surface area contributed by atoms with E-state index in [4.69, 9.17) is 4.74 Å². The number of rotatable bonds is 5. The van der Waals surface area contributed by atoms with Gasteiger partial charge < -0.3 is 9.64 Å². The molecule has 1 aliphatic heterocycles. The molecule has 0 amide bonds. The summed E-state index contributed by atoms with van der Waals surface area (Å²) < 4.78 is 6.88. The molecule has 1 atom stereocenters. The first kappa shape index (κ1) is 31.4. The first-order valence-corrected chi connectivity index (χ1v) is 18.9. The van der Waals surface area contributed by atoms with E-state index in [0.717, 1.165) is 50.8 Å². The van der Waals surface area contributed by atoms with Crippen LogP contribution in [0.3, 0.4) is 0 Å². The van der Waals surface area contributed by atoms with Crippen molar-refractivity contribution in [1.82, 2.24) is 0 Å². The van der Waals surface area contributed by atoms with Crippen molar-refractivity contribution >= 4 is 27.8 Å². The smallest absolute Gasteiger partial charge is 0.132 e. The van der Waals surface area contributed by atoms with E-state index in [9.17, 15) is 0 Å². The van der Waals surface area contributed by atoms with Crippen LogP contribution in [0.25, 0.3) is 44.2 Å². The van der Waals surface area contributed by atoms with Crippen molar-refractivity contribution in [2.24, 2.45) is 0 Å². The van der Waals surface area contributed by atoms with E-state index < -0.39 is 5.41 Å². The molecule has 9 aromatic rings. The Labute approximate surface area is 321 Å². The van der Waals surface area contributed by atoms with Gasteiger partial charge in [-0.05, 0) is 75.2 Å². The summed E-state index contributed by atoms with van der Waals surface area (Å²) in [7, 11) is 0. The van der Waals surface area contributed by atoms with Crippen molar-refractivity contribution in [3.8, 4) is 44.9 Å². The second-order valence-corrected chi connectivity index (χ2v) is 14.4. The van der Waals surface area contributed by atoms with E-state index in [1.807, 2.05) is 0 Å². The quantitative estimate of drug-likeness (QED) is 0.177. The average molecular weight is 702 g/mol. The van der Waals surface area contributed by atoms with Gasteiger partial charge in [-0.25, -0.2) is 0 Å². The van der Waals surface area contributed by atoms with Gasteiger partial charge in [0.1, 0.15) is 11.5 Å². The summed E-state index contributed by atoms with van der Waals surface area (Å²) in [6, 6.07) is 77.0. The zero-order valence-corrected chi connectivity index (χ0v) is 30.1. The summed E-state index contributed by atoms with van der Waals surface area (Å²) in [5, 5.41) is 2.39. The van der Waals surface area contributed by atoms with Crippen LogP contribution in [0, 0.1) is 0 Å². The van der Waals surface area contributed by atoms with Gasteiger partial charge in [0, 0.05) is 27.6 Å². The molecule has 1 aliphatic carbocycles. The minimum atomic E-state index is -0.692. The van der Waals surface area contributed by atoms with Crippen LogP contribution in [0.2, 0.25) is 0 Å². The molecule has 0 bridgehead atoms. The van der Waals surface area contributed by atoms with Gasteiger partial charge in [0.2, 0.25) is 0 Å². The zero-order valence-electron chi connectivity index (χ0n) is 30.1. The molecule has 2 heteroatoms. The standard InChI is InChI=1S/C53H35NO/c1-3-17-36(18-4-1)39-33-34-51-46(35-39)53(45-28-12-14-32-50(45)55-51)44-27-11-9-25-42(44)43-26-16-31-49(52(43)53)54(48-30-15-22-38-21-7-8-23-41(38)48)47-29-13-10-24-40(47)37-19-5-2-6-20-37/h1-35H. The van der Waals surface area contributed by atoms with Gasteiger partial charge in [-0.2, -0.15) is 0 Å². The number of ether oxygens (including phenoxy) is 1. The summed E-state index contributed by atoms with van der Waals surface area (Å²) in [6.45, 7) is 0. The number of hydrogen-bond acceptors (Lipinski definition) is 2. The van der Waals surface area contributed by atoms with Crippen LogP contribution in [0.4, 0.5) is 17.1 Å². The van der Waals surface area contributed by atoms with Gasteiger partial charge in [-0.3, -0.25) is 0 Å². The average Bonchev–Trinajstić information content (AvgIpc) is 3.56. The molecule has 1 heterocycles. The number of para-hydroxylation sites is 2. The lowest BCUT2D eigenvalue weighted by atomic mass is 9.65. The topological polar surface area (TPSA) is 12.5 Å². The molecule has 11 rings (SSSR count). The first-order chi connectivity index (χ1) is 27.3. The molecular formula is C53H35NO. The van der Waals surface area contributed by atoms with Gasteiger partial charge in [-0.15, -0.1) is 0 Å². The molecule has 1 unspecified atom stereocenters. The van der Waals surface area contributed by atoms with E-state index in [2.05, 4.69) is 217 Å². The predicted molar refractivity (Wildman–Crippen MR) is 227 cm³/mol. The molecule has 0 fully saturated rings. The summed E-state index contributed by atoms with van der Waals surface area (Å²) in [5.74, 6) is 1.75. The molecular weight excluding hydrogens is 667 g/mol. The Morgan fingerprint density at radius 3 is 1.78 bits per heavy atom. The van der Waals surface area contributed by atoms with Gasteiger partial charge in [0.25, 0.3) is 0 Å². The monoisotopic (exact) mass is 701 g/mol. The minimum absolute atomic E-state index is 0.692. The number of hydrogen-bond donors (Lipinski definition) is 0. The fraction of sp³-hybridized carbons (Fsp3) is 0.0189. The SMILES string of the molecule is c1ccc(-c2ccc3c(c2)C2(c4ccccc4O3)c3ccccc3-c3cccc(N(c4ccccc4-c4ccccc4)c4cccc5ccccc45)c32)cc1. The molecule has 0 N–H and O–H groups in total. The molecule has 1 spiro atoms. The Hall–Kier alpha value is -7.16. The lowest BCUT2D eigenvalue weighted by Gasteiger charge is -2.42. The third kappa shape index (κ3) is 4.68. The molecule has 0 saturated heterocycles. The van der Waals surface area contributed by atoms with E-state index >= 15 is 0 Å². The lowest BCUT2D eigenvalue weighted by Crippen LogP contribution is -2.33. The van der Waals surface area contributed by atoms with Gasteiger partial charge >= 0.3 is 0 Å². The van der Waals surface area contributed by atoms with Crippen LogP contribution in [0.5, 0.6) is 11.5 Å². The Bertz CT molecular complexity index is 2910. The maximum Gasteiger partial charge on any atom is 0.132 e. The second-order valence-electron chi connectivity index (χ2n) is 14.4. The fourth-order valence-electron chi connectivity index (χ4n) is 9.26. The van der Waals surface area contributed by atoms with Crippen LogP contribution in [-0.2, 0) is 5.41 Å². The van der Waals surface area contributed by atoms with E-state index in [-0.39, 0.29) is 0 Å². The Balaban J connectivity index is 1.30. The lowest BCUT2D eigenvalue weighted by molar-refractivity contribution is 0.436. The Kier molecular flexibility index (Phi) is 7.11. The van der Waals surface area contributed by atoms with Crippen molar-refractivity contribution in [2.75, 3.05) is 4.90 Å². The first-order valence-electron chi connectivity index (χ1n) is 18.9. The Morgan fingerprint density at radius 1 is 0.345 bits per heavy atom. The molecule has 55 heavy (non-hydrogen) atoms. The van der Waals surface area contributed by atoms with Gasteiger partial charge in [0.15, 0.2) is 0 Å². The highest BCUT2D eigenvalue weighted by atomic mass is 16.5. The summed E-state index contributed by atoms with van der Waals surface area (Å²) in [5.41, 5.74) is 14.6. The summed E-state index contributed by atoms with van der Waals surface area (Å²) >= 11 is 0. The Morgan fingerprint density at radius 2 is 0.927 bits per heavy atom. The maximum atomic E-state index is 6.88. The summed E-state index contributed by atoms with van der Waals surface area (Å²) in [4.78, 5) is 2.52. The van der Waals surface area contributed by atoms with E-state index in [1.165, 1.54) is 44.2 Å². The fourth-order valence-corrected chi connectivity index (χ4v) is 9.26. The minimum Gasteiger partial charge on any atom is -0.457 e. The van der Waals surface area contributed by atoms with Crippen molar-refractivity contribution in [3.05, 3.63) is 235 Å². The van der Waals surface area contributed by atoms with Crippen molar-refractivity contribution in [1.29, 1.82) is 0 Å². The highest BCUT2D eigenvalue weighted by molar-refractivity contribution is 6.04. The van der Waals surface area contributed by atoms with Crippen molar-refractivity contribution < 1.29 is 4.74 Å². The number of fused-ring (bicyclic) bond motifs is 10. The zero-order chi connectivity index (χ0) is 36.3. The molecule has 2 nitrogen and oxygen atoms in total. The van der Waals surface area contributed by atoms with Crippen molar-refractivity contribution in [2.45, 2.75) is 5.41 Å². The largest absolute Gasteiger partial charge is 0.457 e. The van der Waals surface area contributed by atoms with E-state index in [0.29, 0.717) is 0 Å². The van der Waals surface area contributed by atoms with Gasteiger partial charge in [0.05, 0.1) is 22.5 Å². The normalized spacial score (nSPS) is 14.8. The second kappa shape index (κ2) is 12.5. The third-order valence-electron chi connectivity index (χ3n) is 11.5. The van der Waals surface area contributed by atoms with Crippen molar-refractivity contribution in [3.63, 3.8) is 0 Å². The van der Waals surface area contributed by atoms with Crippen LogP contribution in [-0.4, -0.2) is 0 Å². The third-order valence-corrected chi connectivity index (χ3v) is 11.5. The summed E-state index contributed by atoms with van der Waals surface area (Å²) in [6.07, 6.45) is 0. The number of benzene rings is 9. The number of nitrogens with zero attached hydrogens (tertiary/aromatic N) is 1. The molecule has 9 aromatic carbocycles. The molecule has 0 radical (unpaired) electrons. The molecule has 2 aliphatic rings. The molecule has 258 valence electrons. The van der Waals surface area contributed by atoms with Crippen LogP contribution >= 0.6 is 0 Å². The van der Waals surface area contributed by atoms with E-state index in [1.54, 1.807) is 0 Å². The number of anilines is 3. The predicted octanol–water partition coefficient (Wildman–Crippen LogP) is 14.1. The molecule has 0 aromatic heterocycles.